The molecule has 0 spiro atoms. The van der Waals surface area contributed by atoms with Gasteiger partial charge in [0.25, 0.3) is 0 Å². The number of aromatic nitrogens is 1. The van der Waals surface area contributed by atoms with Crippen LogP contribution in [0.1, 0.15) is 19.5 Å². The number of pyridine rings is 1. The van der Waals surface area contributed by atoms with E-state index in [9.17, 15) is 0 Å². The molecule has 4 heteroatoms. The van der Waals surface area contributed by atoms with Crippen molar-refractivity contribution < 1.29 is 0 Å². The molecule has 1 N–H and O–H groups in total. The lowest BCUT2D eigenvalue weighted by Gasteiger charge is -2.40. The maximum Gasteiger partial charge on any atom is 0.128 e. The number of piperazine rings is 1. The van der Waals surface area contributed by atoms with Crippen molar-refractivity contribution in [2.75, 3.05) is 38.1 Å². The predicted molar refractivity (Wildman–Crippen MR) is 75.9 cm³/mol. The molecule has 0 saturated carbocycles. The SMILES string of the molecule is CCN1CCN(c2cccc(CNC)n2)CC1C. The van der Waals surface area contributed by atoms with Gasteiger partial charge in [0.05, 0.1) is 5.69 Å². The smallest absolute Gasteiger partial charge is 0.128 e. The second-order valence-corrected chi connectivity index (χ2v) is 4.94. The molecule has 1 fully saturated rings. The van der Waals surface area contributed by atoms with Crippen LogP contribution in [0, 0.1) is 0 Å². The first-order valence-electron chi connectivity index (χ1n) is 6.84. The van der Waals surface area contributed by atoms with Crippen LogP contribution in [0.3, 0.4) is 0 Å². The van der Waals surface area contributed by atoms with Crippen molar-refractivity contribution in [3.05, 3.63) is 23.9 Å². The van der Waals surface area contributed by atoms with Crippen LogP contribution in [0.25, 0.3) is 0 Å². The molecule has 1 aromatic rings. The zero-order chi connectivity index (χ0) is 13.0. The van der Waals surface area contributed by atoms with Gasteiger partial charge in [0.1, 0.15) is 5.82 Å². The minimum Gasteiger partial charge on any atom is -0.354 e. The number of anilines is 1. The zero-order valence-corrected chi connectivity index (χ0v) is 11.7. The van der Waals surface area contributed by atoms with Crippen molar-refractivity contribution >= 4 is 5.82 Å². The van der Waals surface area contributed by atoms with E-state index in [0.29, 0.717) is 6.04 Å². The quantitative estimate of drug-likeness (QED) is 0.871. The van der Waals surface area contributed by atoms with E-state index < -0.39 is 0 Å². The minimum atomic E-state index is 0.610. The van der Waals surface area contributed by atoms with E-state index in [4.69, 9.17) is 4.98 Å². The third-order valence-corrected chi connectivity index (χ3v) is 3.65. The molecule has 1 unspecified atom stereocenters. The Bertz CT molecular complexity index is 380. The summed E-state index contributed by atoms with van der Waals surface area (Å²) < 4.78 is 0. The molecule has 1 saturated heterocycles. The van der Waals surface area contributed by atoms with E-state index in [-0.39, 0.29) is 0 Å². The van der Waals surface area contributed by atoms with Crippen LogP contribution in [0.5, 0.6) is 0 Å². The Morgan fingerprint density at radius 2 is 2.22 bits per heavy atom. The van der Waals surface area contributed by atoms with Crippen LogP contribution < -0.4 is 10.2 Å². The van der Waals surface area contributed by atoms with Gasteiger partial charge in [-0.05, 0) is 32.6 Å². The van der Waals surface area contributed by atoms with Gasteiger partial charge in [-0.1, -0.05) is 13.0 Å². The molecule has 2 rings (SSSR count). The molecule has 1 aliphatic heterocycles. The Hall–Kier alpha value is -1.13. The molecule has 1 aromatic heterocycles. The fourth-order valence-electron chi connectivity index (χ4n) is 2.60. The molecule has 0 aromatic carbocycles. The van der Waals surface area contributed by atoms with Gasteiger partial charge in [-0.25, -0.2) is 4.98 Å². The molecule has 4 nitrogen and oxygen atoms in total. The predicted octanol–water partition coefficient (Wildman–Crippen LogP) is 1.33. The largest absolute Gasteiger partial charge is 0.354 e. The van der Waals surface area contributed by atoms with Crippen LogP contribution in [-0.4, -0.2) is 49.2 Å². The highest BCUT2D eigenvalue weighted by atomic mass is 15.3. The fourth-order valence-corrected chi connectivity index (χ4v) is 2.60. The highest BCUT2D eigenvalue weighted by Crippen LogP contribution is 2.17. The van der Waals surface area contributed by atoms with E-state index in [1.165, 1.54) is 0 Å². The Balaban J connectivity index is 2.05. The molecule has 0 amide bonds. The van der Waals surface area contributed by atoms with Crippen molar-refractivity contribution in [2.45, 2.75) is 26.4 Å². The number of likely N-dealkylation sites (N-methyl/N-ethyl adjacent to an activating group) is 1. The molecule has 100 valence electrons. The second-order valence-electron chi connectivity index (χ2n) is 4.94. The van der Waals surface area contributed by atoms with Gasteiger partial charge in [0, 0.05) is 32.2 Å². The third-order valence-electron chi connectivity index (χ3n) is 3.65. The minimum absolute atomic E-state index is 0.610. The third kappa shape index (κ3) is 3.00. The van der Waals surface area contributed by atoms with E-state index in [2.05, 4.69) is 47.2 Å². The fraction of sp³-hybridized carbons (Fsp3) is 0.643. The maximum absolute atomic E-state index is 4.72. The number of rotatable bonds is 4. The van der Waals surface area contributed by atoms with E-state index in [1.54, 1.807) is 0 Å². The lowest BCUT2D eigenvalue weighted by molar-refractivity contribution is 0.199. The van der Waals surface area contributed by atoms with E-state index >= 15 is 0 Å². The summed E-state index contributed by atoms with van der Waals surface area (Å²) in [4.78, 5) is 9.64. The standard InChI is InChI=1S/C14H24N4/c1-4-17-8-9-18(11-12(17)2)14-7-5-6-13(16-14)10-15-3/h5-7,12,15H,4,8-11H2,1-3H3. The van der Waals surface area contributed by atoms with Crippen LogP contribution in [0.15, 0.2) is 18.2 Å². The van der Waals surface area contributed by atoms with Gasteiger partial charge in [-0.2, -0.15) is 0 Å². The second kappa shape index (κ2) is 6.16. The Labute approximate surface area is 110 Å². The summed E-state index contributed by atoms with van der Waals surface area (Å²) in [6.45, 7) is 9.79. The van der Waals surface area contributed by atoms with Crippen molar-refractivity contribution in [1.29, 1.82) is 0 Å². The maximum atomic E-state index is 4.72. The summed E-state index contributed by atoms with van der Waals surface area (Å²) in [6, 6.07) is 6.91. The van der Waals surface area contributed by atoms with Crippen LogP contribution in [0.4, 0.5) is 5.82 Å². The summed E-state index contributed by atoms with van der Waals surface area (Å²) in [6.07, 6.45) is 0. The molecule has 1 atom stereocenters. The molecule has 2 heterocycles. The van der Waals surface area contributed by atoms with E-state index in [1.807, 2.05) is 7.05 Å². The summed E-state index contributed by atoms with van der Waals surface area (Å²) in [5.41, 5.74) is 1.11. The number of nitrogens with one attached hydrogen (secondary N) is 1. The topological polar surface area (TPSA) is 31.4 Å². The van der Waals surface area contributed by atoms with Crippen LogP contribution >= 0.6 is 0 Å². The van der Waals surface area contributed by atoms with Crippen LogP contribution in [0.2, 0.25) is 0 Å². The summed E-state index contributed by atoms with van der Waals surface area (Å²) in [5, 5.41) is 3.15. The van der Waals surface area contributed by atoms with Gasteiger partial charge in [-0.15, -0.1) is 0 Å². The van der Waals surface area contributed by atoms with Gasteiger partial charge in [0.2, 0.25) is 0 Å². The molecule has 1 aliphatic rings. The number of nitrogens with zero attached hydrogens (tertiary/aromatic N) is 3. The molecule has 0 aliphatic carbocycles. The molecule has 18 heavy (non-hydrogen) atoms. The van der Waals surface area contributed by atoms with Crippen molar-refractivity contribution in [3.63, 3.8) is 0 Å². The van der Waals surface area contributed by atoms with Gasteiger partial charge in [-0.3, -0.25) is 4.90 Å². The van der Waals surface area contributed by atoms with Gasteiger partial charge >= 0.3 is 0 Å². The summed E-state index contributed by atoms with van der Waals surface area (Å²) in [5.74, 6) is 1.12. The summed E-state index contributed by atoms with van der Waals surface area (Å²) >= 11 is 0. The monoisotopic (exact) mass is 248 g/mol. The average molecular weight is 248 g/mol. The van der Waals surface area contributed by atoms with Gasteiger partial charge < -0.3 is 10.2 Å². The summed E-state index contributed by atoms with van der Waals surface area (Å²) in [7, 11) is 1.95. The number of hydrogen-bond donors (Lipinski definition) is 1. The molecular formula is C14H24N4. The highest BCUT2D eigenvalue weighted by molar-refractivity contribution is 5.40. The molecule has 0 bridgehead atoms. The van der Waals surface area contributed by atoms with Crippen molar-refractivity contribution in [1.82, 2.24) is 15.2 Å². The molecule has 0 radical (unpaired) electrons. The molecular weight excluding hydrogens is 224 g/mol. The average Bonchev–Trinajstić information content (AvgIpc) is 2.39. The Morgan fingerprint density at radius 1 is 1.39 bits per heavy atom. The van der Waals surface area contributed by atoms with Crippen molar-refractivity contribution in [2.24, 2.45) is 0 Å². The lowest BCUT2D eigenvalue weighted by Crippen LogP contribution is -2.52. The van der Waals surface area contributed by atoms with Gasteiger partial charge in [0.15, 0.2) is 0 Å². The first-order chi connectivity index (χ1) is 8.74. The first kappa shape index (κ1) is 13.3. The Morgan fingerprint density at radius 3 is 2.89 bits per heavy atom. The lowest BCUT2D eigenvalue weighted by atomic mass is 10.2. The first-order valence-corrected chi connectivity index (χ1v) is 6.84. The number of hydrogen-bond acceptors (Lipinski definition) is 4. The van der Waals surface area contributed by atoms with Crippen molar-refractivity contribution in [3.8, 4) is 0 Å². The normalized spacial score (nSPS) is 21.3. The Kier molecular flexibility index (Phi) is 4.55. The van der Waals surface area contributed by atoms with E-state index in [0.717, 1.165) is 44.2 Å². The highest BCUT2D eigenvalue weighted by Gasteiger charge is 2.23. The van der Waals surface area contributed by atoms with Crippen LogP contribution in [-0.2, 0) is 6.54 Å². The zero-order valence-electron chi connectivity index (χ0n) is 11.7.